The summed E-state index contributed by atoms with van der Waals surface area (Å²) in [5.41, 5.74) is 0.982. The van der Waals surface area contributed by atoms with Gasteiger partial charge in [-0.2, -0.15) is 0 Å². The number of aromatic nitrogens is 1. The lowest BCUT2D eigenvalue weighted by Gasteiger charge is -2.11. The number of hydrogen-bond acceptors (Lipinski definition) is 3. The molecule has 0 fully saturated rings. The Kier molecular flexibility index (Phi) is 5.26. The van der Waals surface area contributed by atoms with Crippen LogP contribution in [0.15, 0.2) is 71.7 Å². The maximum atomic E-state index is 13.1. The van der Waals surface area contributed by atoms with Gasteiger partial charge in [0.05, 0.1) is 11.3 Å². The third-order valence-corrected chi connectivity index (χ3v) is 4.10. The van der Waals surface area contributed by atoms with E-state index in [2.05, 4.69) is 5.32 Å². The van der Waals surface area contributed by atoms with Crippen LogP contribution < -0.4 is 10.9 Å². The van der Waals surface area contributed by atoms with Gasteiger partial charge in [0.15, 0.2) is 5.78 Å². The highest BCUT2D eigenvalue weighted by atomic mass is 19.1. The molecule has 0 saturated heterocycles. The van der Waals surface area contributed by atoms with Crippen molar-refractivity contribution >= 4 is 17.4 Å². The second-order valence-corrected chi connectivity index (χ2v) is 5.88. The highest BCUT2D eigenvalue weighted by molar-refractivity contribution is 6.17. The molecule has 0 aliphatic heterocycles. The Morgan fingerprint density at radius 3 is 2.30 bits per heavy atom. The van der Waals surface area contributed by atoms with E-state index in [9.17, 15) is 18.8 Å². The number of aryl methyl sites for hydroxylation is 1. The van der Waals surface area contributed by atoms with Gasteiger partial charge in [0.1, 0.15) is 5.82 Å². The molecule has 3 aromatic rings. The second kappa shape index (κ2) is 7.78. The number of rotatable bonds is 5. The highest BCUT2D eigenvalue weighted by Crippen LogP contribution is 2.17. The molecule has 0 atom stereocenters. The maximum absolute atomic E-state index is 13.1. The van der Waals surface area contributed by atoms with Crippen molar-refractivity contribution in [3.05, 3.63) is 99.7 Å². The van der Waals surface area contributed by atoms with Crippen molar-refractivity contribution in [2.45, 2.75) is 13.5 Å². The Bertz CT molecular complexity index is 1060. The predicted octanol–water partition coefficient (Wildman–Crippen LogP) is 3.49. The summed E-state index contributed by atoms with van der Waals surface area (Å²) in [5.74, 6) is -1.29. The van der Waals surface area contributed by atoms with Crippen molar-refractivity contribution in [1.29, 1.82) is 0 Å². The van der Waals surface area contributed by atoms with E-state index in [0.717, 1.165) is 0 Å². The first-order chi connectivity index (χ1) is 13.0. The Morgan fingerprint density at radius 2 is 1.63 bits per heavy atom. The van der Waals surface area contributed by atoms with E-state index >= 15 is 0 Å². The fourth-order valence-electron chi connectivity index (χ4n) is 2.69. The van der Waals surface area contributed by atoms with Crippen molar-refractivity contribution in [3.63, 3.8) is 0 Å². The number of carbonyl (C=O) groups is 2. The first-order valence-corrected chi connectivity index (χ1v) is 8.40. The van der Waals surface area contributed by atoms with Crippen LogP contribution in [0.25, 0.3) is 0 Å². The predicted molar refractivity (Wildman–Crippen MR) is 101 cm³/mol. The molecule has 0 saturated carbocycles. The minimum atomic E-state index is -0.470. The van der Waals surface area contributed by atoms with Crippen LogP contribution in [0, 0.1) is 5.82 Å². The monoisotopic (exact) mass is 364 g/mol. The van der Waals surface area contributed by atoms with Crippen molar-refractivity contribution in [2.24, 2.45) is 0 Å². The van der Waals surface area contributed by atoms with Crippen LogP contribution in [0.4, 0.5) is 10.1 Å². The highest BCUT2D eigenvalue weighted by Gasteiger charge is 2.18. The molecule has 0 radical (unpaired) electrons. The van der Waals surface area contributed by atoms with Gasteiger partial charge in [-0.3, -0.25) is 14.4 Å². The lowest BCUT2D eigenvalue weighted by atomic mass is 9.98. The summed E-state index contributed by atoms with van der Waals surface area (Å²) >= 11 is 0. The van der Waals surface area contributed by atoms with Crippen LogP contribution in [0.5, 0.6) is 0 Å². The van der Waals surface area contributed by atoms with Gasteiger partial charge in [0.25, 0.3) is 11.5 Å². The zero-order valence-electron chi connectivity index (χ0n) is 14.6. The summed E-state index contributed by atoms with van der Waals surface area (Å²) < 4.78 is 14.6. The van der Waals surface area contributed by atoms with E-state index in [1.807, 2.05) is 6.92 Å². The van der Waals surface area contributed by atoms with Crippen LogP contribution in [0.2, 0.25) is 0 Å². The molecule has 1 amide bonds. The molecule has 0 aliphatic carbocycles. The van der Waals surface area contributed by atoms with Crippen molar-refractivity contribution < 1.29 is 14.0 Å². The molecule has 136 valence electrons. The van der Waals surface area contributed by atoms with Crippen LogP contribution in [-0.4, -0.2) is 16.3 Å². The van der Waals surface area contributed by atoms with Crippen LogP contribution >= 0.6 is 0 Å². The molecule has 1 N–H and O–H groups in total. The molecule has 0 spiro atoms. The van der Waals surface area contributed by atoms with Crippen molar-refractivity contribution in [1.82, 2.24) is 4.57 Å². The Hall–Kier alpha value is -3.54. The molecular weight excluding hydrogens is 347 g/mol. The van der Waals surface area contributed by atoms with Gasteiger partial charge in [0, 0.05) is 29.9 Å². The van der Waals surface area contributed by atoms with Crippen molar-refractivity contribution in [2.75, 3.05) is 5.32 Å². The largest absolute Gasteiger partial charge is 0.321 e. The molecule has 0 aliphatic rings. The zero-order chi connectivity index (χ0) is 19.4. The molecule has 1 heterocycles. The van der Waals surface area contributed by atoms with E-state index in [1.165, 1.54) is 41.0 Å². The lowest BCUT2D eigenvalue weighted by molar-refractivity contribution is 0.0996. The minimum Gasteiger partial charge on any atom is -0.321 e. The SMILES string of the molecule is CCn1cc(NC(=O)c2ccccc2C(=O)c2ccc(F)cc2)ccc1=O. The molecule has 2 aromatic carbocycles. The lowest BCUT2D eigenvalue weighted by Crippen LogP contribution is -2.21. The quantitative estimate of drug-likeness (QED) is 0.705. The molecule has 0 bridgehead atoms. The number of amides is 1. The van der Waals surface area contributed by atoms with E-state index in [1.54, 1.807) is 30.5 Å². The van der Waals surface area contributed by atoms with Crippen LogP contribution in [0.1, 0.15) is 33.2 Å². The summed E-state index contributed by atoms with van der Waals surface area (Å²) in [6, 6.07) is 14.4. The molecule has 5 nitrogen and oxygen atoms in total. The number of benzene rings is 2. The molecule has 3 rings (SSSR count). The van der Waals surface area contributed by atoms with Gasteiger partial charge in [0.2, 0.25) is 0 Å². The number of pyridine rings is 1. The standard InChI is InChI=1S/C21H17FN2O3/c1-2-24-13-16(11-12-19(24)25)23-21(27)18-6-4-3-5-17(18)20(26)14-7-9-15(22)10-8-14/h3-13H,2H2,1H3,(H,23,27). The van der Waals surface area contributed by atoms with E-state index in [4.69, 9.17) is 0 Å². The minimum absolute atomic E-state index is 0.164. The third-order valence-electron chi connectivity index (χ3n) is 4.10. The number of ketones is 1. The fraction of sp³-hybridized carbons (Fsp3) is 0.0952. The molecule has 27 heavy (non-hydrogen) atoms. The third kappa shape index (κ3) is 4.00. The number of anilines is 1. The summed E-state index contributed by atoms with van der Waals surface area (Å²) in [5, 5.41) is 2.71. The summed E-state index contributed by atoms with van der Waals surface area (Å²) in [6.07, 6.45) is 1.55. The summed E-state index contributed by atoms with van der Waals surface area (Å²) in [4.78, 5) is 37.1. The van der Waals surface area contributed by atoms with Gasteiger partial charge in [-0.1, -0.05) is 18.2 Å². The maximum Gasteiger partial charge on any atom is 0.256 e. The summed E-state index contributed by atoms with van der Waals surface area (Å²) in [7, 11) is 0. The molecule has 6 heteroatoms. The van der Waals surface area contributed by atoms with E-state index < -0.39 is 11.7 Å². The first-order valence-electron chi connectivity index (χ1n) is 8.40. The van der Waals surface area contributed by atoms with Gasteiger partial charge in [-0.15, -0.1) is 0 Å². The zero-order valence-corrected chi connectivity index (χ0v) is 14.6. The number of hydrogen-bond donors (Lipinski definition) is 1. The molecule has 1 aromatic heterocycles. The number of nitrogens with one attached hydrogen (secondary N) is 1. The number of halogens is 1. The molecule has 0 unspecified atom stereocenters. The number of nitrogens with zero attached hydrogens (tertiary/aromatic N) is 1. The van der Waals surface area contributed by atoms with Gasteiger partial charge >= 0.3 is 0 Å². The fourth-order valence-corrected chi connectivity index (χ4v) is 2.69. The normalized spacial score (nSPS) is 10.4. The van der Waals surface area contributed by atoms with Gasteiger partial charge in [-0.25, -0.2) is 4.39 Å². The van der Waals surface area contributed by atoms with E-state index in [-0.39, 0.29) is 28.0 Å². The Labute approximate surface area is 155 Å². The van der Waals surface area contributed by atoms with Crippen LogP contribution in [0.3, 0.4) is 0 Å². The van der Waals surface area contributed by atoms with Crippen LogP contribution in [-0.2, 0) is 6.54 Å². The topological polar surface area (TPSA) is 68.2 Å². The van der Waals surface area contributed by atoms with Gasteiger partial charge < -0.3 is 9.88 Å². The summed E-state index contributed by atoms with van der Waals surface area (Å²) in [6.45, 7) is 2.30. The average molecular weight is 364 g/mol. The number of carbonyl (C=O) groups excluding carboxylic acids is 2. The smallest absolute Gasteiger partial charge is 0.256 e. The average Bonchev–Trinajstić information content (AvgIpc) is 2.69. The first kappa shape index (κ1) is 18.3. The van der Waals surface area contributed by atoms with Crippen molar-refractivity contribution in [3.8, 4) is 0 Å². The molecular formula is C21H17FN2O3. The second-order valence-electron chi connectivity index (χ2n) is 5.88. The Morgan fingerprint density at radius 1 is 0.963 bits per heavy atom. The van der Waals surface area contributed by atoms with E-state index in [0.29, 0.717) is 12.2 Å². The Balaban J connectivity index is 1.91. The van der Waals surface area contributed by atoms with Gasteiger partial charge in [-0.05, 0) is 43.3 Å².